The first kappa shape index (κ1) is 20.0. The van der Waals surface area contributed by atoms with Crippen LogP contribution >= 0.6 is 23.2 Å². The Labute approximate surface area is 169 Å². The molecule has 0 aromatic heterocycles. The van der Waals surface area contributed by atoms with Gasteiger partial charge in [0.05, 0.1) is 29.3 Å². The van der Waals surface area contributed by atoms with Crippen LogP contribution in [0.25, 0.3) is 0 Å². The van der Waals surface area contributed by atoms with E-state index in [1.807, 2.05) is 25.1 Å². The molecule has 1 aliphatic rings. The molecule has 144 valence electrons. The quantitative estimate of drug-likeness (QED) is 0.711. The third-order valence-corrected chi connectivity index (χ3v) is 5.51. The minimum absolute atomic E-state index is 0.0664. The average Bonchev–Trinajstić information content (AvgIpc) is 2.66. The van der Waals surface area contributed by atoms with Crippen LogP contribution in [0.2, 0.25) is 10.0 Å². The molecular weight excluding hydrogens is 385 g/mol. The summed E-state index contributed by atoms with van der Waals surface area (Å²) in [5.41, 5.74) is 1.81. The summed E-state index contributed by atoms with van der Waals surface area (Å²) in [6, 6.07) is 15.1. The van der Waals surface area contributed by atoms with Crippen LogP contribution in [0.4, 0.5) is 10.5 Å². The molecule has 0 spiro atoms. The van der Waals surface area contributed by atoms with Gasteiger partial charge in [0.25, 0.3) is 0 Å². The normalized spacial score (nSPS) is 17.1. The summed E-state index contributed by atoms with van der Waals surface area (Å²) in [7, 11) is 0. The van der Waals surface area contributed by atoms with Crippen LogP contribution in [-0.4, -0.2) is 38.4 Å². The Hall–Kier alpha value is -1.79. The molecule has 2 atom stereocenters. The minimum atomic E-state index is -0.269. The predicted octanol–water partition coefficient (Wildman–Crippen LogP) is 3.16. The SMILES string of the molecule is C[C@@H](NC(=O)Nc1ccc(Cl)c(Cl)c1)[C@@H](c1ccccc1)[NH+]1CCOCC1. The van der Waals surface area contributed by atoms with Gasteiger partial charge in [-0.1, -0.05) is 53.5 Å². The fourth-order valence-electron chi connectivity index (χ4n) is 3.51. The number of carbonyl (C=O) groups is 1. The lowest BCUT2D eigenvalue weighted by molar-refractivity contribution is -0.940. The van der Waals surface area contributed by atoms with Gasteiger partial charge in [-0.05, 0) is 25.1 Å². The van der Waals surface area contributed by atoms with E-state index in [-0.39, 0.29) is 18.1 Å². The first-order valence-electron chi connectivity index (χ1n) is 9.04. The zero-order chi connectivity index (χ0) is 19.2. The molecule has 2 aromatic rings. The van der Waals surface area contributed by atoms with Crippen LogP contribution in [0.15, 0.2) is 48.5 Å². The van der Waals surface area contributed by atoms with E-state index < -0.39 is 0 Å². The van der Waals surface area contributed by atoms with E-state index in [4.69, 9.17) is 27.9 Å². The Bertz CT molecular complexity index is 767. The van der Waals surface area contributed by atoms with Crippen molar-refractivity contribution in [1.82, 2.24) is 5.32 Å². The molecule has 2 amide bonds. The summed E-state index contributed by atoms with van der Waals surface area (Å²) in [4.78, 5) is 13.9. The maximum absolute atomic E-state index is 12.5. The van der Waals surface area contributed by atoms with Gasteiger partial charge < -0.3 is 20.3 Å². The maximum Gasteiger partial charge on any atom is 0.319 e. The van der Waals surface area contributed by atoms with Crippen LogP contribution in [-0.2, 0) is 4.74 Å². The second-order valence-electron chi connectivity index (χ2n) is 6.68. The number of nitrogens with one attached hydrogen (secondary N) is 3. The van der Waals surface area contributed by atoms with Gasteiger partial charge in [0.2, 0.25) is 0 Å². The molecule has 0 radical (unpaired) electrons. The van der Waals surface area contributed by atoms with Gasteiger partial charge in [0.1, 0.15) is 19.1 Å². The standard InChI is InChI=1S/C20H23Cl2N3O2/c1-14(23-20(26)24-16-7-8-17(21)18(22)13-16)19(15-5-3-2-4-6-15)25-9-11-27-12-10-25/h2-8,13-14,19H,9-12H2,1H3,(H2,23,24,26)/p+1/t14-,19+/m1/s1. The highest BCUT2D eigenvalue weighted by molar-refractivity contribution is 6.42. The van der Waals surface area contributed by atoms with Crippen molar-refractivity contribution in [3.05, 3.63) is 64.1 Å². The Morgan fingerprint density at radius 3 is 2.44 bits per heavy atom. The van der Waals surface area contributed by atoms with E-state index in [2.05, 4.69) is 22.8 Å². The monoisotopic (exact) mass is 408 g/mol. The number of quaternary nitrogens is 1. The predicted molar refractivity (Wildman–Crippen MR) is 109 cm³/mol. The molecule has 1 saturated heterocycles. The molecule has 2 aromatic carbocycles. The van der Waals surface area contributed by atoms with Gasteiger partial charge in [-0.3, -0.25) is 0 Å². The average molecular weight is 409 g/mol. The molecule has 3 N–H and O–H groups in total. The largest absolute Gasteiger partial charge is 0.370 e. The number of carbonyl (C=O) groups excluding carboxylic acids is 1. The molecule has 27 heavy (non-hydrogen) atoms. The first-order chi connectivity index (χ1) is 13.0. The molecule has 1 fully saturated rings. The summed E-state index contributed by atoms with van der Waals surface area (Å²) < 4.78 is 5.50. The minimum Gasteiger partial charge on any atom is -0.370 e. The molecule has 0 unspecified atom stereocenters. The van der Waals surface area contributed by atoms with Crippen molar-refractivity contribution >= 4 is 34.9 Å². The summed E-state index contributed by atoms with van der Waals surface area (Å²) in [5.74, 6) is 0. The zero-order valence-electron chi connectivity index (χ0n) is 15.2. The molecule has 1 heterocycles. The lowest BCUT2D eigenvalue weighted by Crippen LogP contribution is -3.15. The summed E-state index contributed by atoms with van der Waals surface area (Å²) >= 11 is 11.9. The second kappa shape index (κ2) is 9.42. The number of halogens is 2. The fraction of sp³-hybridized carbons (Fsp3) is 0.350. The summed E-state index contributed by atoms with van der Waals surface area (Å²) in [5, 5.41) is 6.75. The van der Waals surface area contributed by atoms with E-state index in [1.165, 1.54) is 10.5 Å². The van der Waals surface area contributed by atoms with Crippen molar-refractivity contribution in [2.75, 3.05) is 31.6 Å². The highest BCUT2D eigenvalue weighted by atomic mass is 35.5. The highest BCUT2D eigenvalue weighted by Crippen LogP contribution is 2.25. The lowest BCUT2D eigenvalue weighted by Gasteiger charge is -2.35. The maximum atomic E-state index is 12.5. The van der Waals surface area contributed by atoms with Crippen LogP contribution < -0.4 is 15.5 Å². The van der Waals surface area contributed by atoms with Crippen molar-refractivity contribution in [3.8, 4) is 0 Å². The van der Waals surface area contributed by atoms with E-state index >= 15 is 0 Å². The molecule has 3 rings (SSSR count). The van der Waals surface area contributed by atoms with Crippen molar-refractivity contribution in [3.63, 3.8) is 0 Å². The van der Waals surface area contributed by atoms with Crippen molar-refractivity contribution in [2.45, 2.75) is 19.0 Å². The highest BCUT2D eigenvalue weighted by Gasteiger charge is 2.32. The third kappa shape index (κ3) is 5.36. The zero-order valence-corrected chi connectivity index (χ0v) is 16.7. The molecule has 1 aliphatic heterocycles. The van der Waals surface area contributed by atoms with Gasteiger partial charge in [-0.15, -0.1) is 0 Å². The number of amides is 2. The number of hydrogen-bond donors (Lipinski definition) is 3. The van der Waals surface area contributed by atoms with Crippen LogP contribution in [0.1, 0.15) is 18.5 Å². The van der Waals surface area contributed by atoms with Gasteiger partial charge in [0, 0.05) is 11.3 Å². The number of urea groups is 1. The van der Waals surface area contributed by atoms with E-state index in [1.54, 1.807) is 18.2 Å². The molecule has 0 bridgehead atoms. The van der Waals surface area contributed by atoms with Crippen LogP contribution in [0.5, 0.6) is 0 Å². The summed E-state index contributed by atoms with van der Waals surface area (Å²) in [6.45, 7) is 5.34. The molecule has 0 saturated carbocycles. The Morgan fingerprint density at radius 1 is 1.07 bits per heavy atom. The number of rotatable bonds is 5. The number of hydrogen-bond acceptors (Lipinski definition) is 2. The van der Waals surface area contributed by atoms with Gasteiger partial charge in [0.15, 0.2) is 0 Å². The van der Waals surface area contributed by atoms with Crippen molar-refractivity contribution < 1.29 is 14.4 Å². The van der Waals surface area contributed by atoms with E-state index in [9.17, 15) is 4.79 Å². The molecule has 7 heteroatoms. The number of ether oxygens (including phenoxy) is 1. The molecular formula is C20H24Cl2N3O2+. The van der Waals surface area contributed by atoms with Gasteiger partial charge in [-0.25, -0.2) is 4.79 Å². The Balaban J connectivity index is 1.70. The fourth-order valence-corrected chi connectivity index (χ4v) is 3.81. The van der Waals surface area contributed by atoms with E-state index in [0.29, 0.717) is 15.7 Å². The topological polar surface area (TPSA) is 54.8 Å². The van der Waals surface area contributed by atoms with E-state index in [0.717, 1.165) is 26.3 Å². The van der Waals surface area contributed by atoms with Crippen molar-refractivity contribution in [1.29, 1.82) is 0 Å². The third-order valence-electron chi connectivity index (χ3n) is 4.77. The van der Waals surface area contributed by atoms with Crippen molar-refractivity contribution in [2.24, 2.45) is 0 Å². The van der Waals surface area contributed by atoms with Crippen LogP contribution in [0.3, 0.4) is 0 Å². The number of morpholine rings is 1. The number of benzene rings is 2. The van der Waals surface area contributed by atoms with Crippen LogP contribution in [0, 0.1) is 0 Å². The van der Waals surface area contributed by atoms with Gasteiger partial charge >= 0.3 is 6.03 Å². The second-order valence-corrected chi connectivity index (χ2v) is 7.49. The lowest BCUT2D eigenvalue weighted by atomic mass is 9.98. The number of anilines is 1. The molecule has 0 aliphatic carbocycles. The molecule has 5 nitrogen and oxygen atoms in total. The Morgan fingerprint density at radius 2 is 1.78 bits per heavy atom. The van der Waals surface area contributed by atoms with Gasteiger partial charge in [-0.2, -0.15) is 0 Å². The Kier molecular flexibility index (Phi) is 6.96. The smallest absolute Gasteiger partial charge is 0.319 e. The summed E-state index contributed by atoms with van der Waals surface area (Å²) in [6.07, 6.45) is 0. The first-order valence-corrected chi connectivity index (χ1v) is 9.80.